The molecular weight excluding hydrogens is 411 g/mol. The molecule has 9 heteroatoms. The molecule has 0 radical (unpaired) electrons. The van der Waals surface area contributed by atoms with E-state index in [1.807, 2.05) is 13.0 Å². The van der Waals surface area contributed by atoms with Gasteiger partial charge in [-0.25, -0.2) is 9.38 Å². The number of carbonyl (C=O) groups excluding carboxylic acids is 1. The highest BCUT2D eigenvalue weighted by molar-refractivity contribution is 5.85. The van der Waals surface area contributed by atoms with E-state index in [-0.39, 0.29) is 24.3 Å². The molecule has 2 N–H and O–H groups in total. The van der Waals surface area contributed by atoms with Gasteiger partial charge in [-0.15, -0.1) is 0 Å². The number of likely N-dealkylation sites (N-methyl/N-ethyl adjacent to an activating group) is 1. The minimum Gasteiger partial charge on any atom is -0.379 e. The maximum absolute atomic E-state index is 13.5. The third-order valence-corrected chi connectivity index (χ3v) is 5.96. The first-order valence-electron chi connectivity index (χ1n) is 11.5. The molecule has 2 fully saturated rings. The summed E-state index contributed by atoms with van der Waals surface area (Å²) in [6, 6.07) is 5.15. The van der Waals surface area contributed by atoms with Crippen LogP contribution >= 0.6 is 0 Å². The number of aryl methyl sites for hydroxylation is 1. The van der Waals surface area contributed by atoms with Crippen molar-refractivity contribution < 1.29 is 13.9 Å². The third-order valence-electron chi connectivity index (χ3n) is 5.96. The number of aliphatic imine (C=N–C) groups is 1. The van der Waals surface area contributed by atoms with Gasteiger partial charge in [0.1, 0.15) is 12.4 Å². The van der Waals surface area contributed by atoms with Crippen LogP contribution in [0.4, 0.5) is 10.1 Å². The van der Waals surface area contributed by atoms with Gasteiger partial charge in [-0.1, -0.05) is 0 Å². The SMILES string of the molecule is Cc1cc(F)ccc1N1CCCC(NC(=NCC(=O)N(C)C)NCCN2CCOCC2)C1. The van der Waals surface area contributed by atoms with Crippen LogP contribution in [0.15, 0.2) is 23.2 Å². The van der Waals surface area contributed by atoms with Crippen LogP contribution in [0.2, 0.25) is 0 Å². The summed E-state index contributed by atoms with van der Waals surface area (Å²) < 4.78 is 18.9. The molecule has 0 aromatic heterocycles. The Balaban J connectivity index is 1.60. The Bertz CT molecular complexity index is 782. The van der Waals surface area contributed by atoms with Crippen molar-refractivity contribution in [2.75, 3.05) is 78.0 Å². The van der Waals surface area contributed by atoms with Crippen molar-refractivity contribution in [3.8, 4) is 0 Å². The molecule has 3 rings (SSSR count). The number of morpholine rings is 1. The second-order valence-electron chi connectivity index (χ2n) is 8.69. The summed E-state index contributed by atoms with van der Waals surface area (Å²) >= 11 is 0. The van der Waals surface area contributed by atoms with Gasteiger partial charge >= 0.3 is 0 Å². The van der Waals surface area contributed by atoms with Gasteiger partial charge in [0.05, 0.1) is 13.2 Å². The lowest BCUT2D eigenvalue weighted by atomic mass is 10.0. The van der Waals surface area contributed by atoms with Gasteiger partial charge in [-0.2, -0.15) is 0 Å². The van der Waals surface area contributed by atoms with Crippen molar-refractivity contribution in [3.63, 3.8) is 0 Å². The minimum atomic E-state index is -0.206. The number of ether oxygens (including phenoxy) is 1. The second-order valence-corrected chi connectivity index (χ2v) is 8.69. The van der Waals surface area contributed by atoms with Crippen molar-refractivity contribution in [2.45, 2.75) is 25.8 Å². The Kier molecular flexibility index (Phi) is 9.11. The lowest BCUT2D eigenvalue weighted by Crippen LogP contribution is -2.52. The largest absolute Gasteiger partial charge is 0.379 e. The van der Waals surface area contributed by atoms with Crippen LogP contribution in [0.5, 0.6) is 0 Å². The van der Waals surface area contributed by atoms with Gasteiger partial charge in [-0.05, 0) is 43.5 Å². The molecule has 178 valence electrons. The second kappa shape index (κ2) is 12.0. The minimum absolute atomic E-state index is 0.0357. The number of nitrogens with one attached hydrogen (secondary N) is 2. The first kappa shape index (κ1) is 24.3. The van der Waals surface area contributed by atoms with Crippen LogP contribution in [0, 0.1) is 12.7 Å². The van der Waals surface area contributed by atoms with Gasteiger partial charge in [0.25, 0.3) is 0 Å². The fourth-order valence-electron chi connectivity index (χ4n) is 4.08. The molecular formula is C23H37FN6O2. The molecule has 2 aliphatic rings. The molecule has 1 atom stereocenters. The van der Waals surface area contributed by atoms with Crippen LogP contribution in [0.1, 0.15) is 18.4 Å². The number of piperidine rings is 1. The Labute approximate surface area is 190 Å². The summed E-state index contributed by atoms with van der Waals surface area (Å²) in [7, 11) is 3.47. The summed E-state index contributed by atoms with van der Waals surface area (Å²) in [6.45, 7) is 8.88. The van der Waals surface area contributed by atoms with Crippen LogP contribution in [-0.4, -0.2) is 101 Å². The van der Waals surface area contributed by atoms with Crippen LogP contribution < -0.4 is 15.5 Å². The molecule has 0 bridgehead atoms. The summed E-state index contributed by atoms with van der Waals surface area (Å²) in [4.78, 5) is 22.8. The van der Waals surface area contributed by atoms with E-state index in [9.17, 15) is 9.18 Å². The quantitative estimate of drug-likeness (QED) is 0.480. The topological polar surface area (TPSA) is 72.4 Å². The molecule has 2 saturated heterocycles. The average Bonchev–Trinajstić information content (AvgIpc) is 2.78. The van der Waals surface area contributed by atoms with E-state index in [0.29, 0.717) is 5.96 Å². The molecule has 2 aliphatic heterocycles. The number of guanidine groups is 1. The fourth-order valence-corrected chi connectivity index (χ4v) is 4.08. The molecule has 8 nitrogen and oxygen atoms in total. The average molecular weight is 449 g/mol. The number of hydrogen-bond acceptors (Lipinski definition) is 5. The lowest BCUT2D eigenvalue weighted by molar-refractivity contribution is -0.127. The highest BCUT2D eigenvalue weighted by atomic mass is 19.1. The Morgan fingerprint density at radius 3 is 2.78 bits per heavy atom. The Morgan fingerprint density at radius 1 is 1.28 bits per heavy atom. The smallest absolute Gasteiger partial charge is 0.243 e. The first-order chi connectivity index (χ1) is 15.4. The zero-order valence-corrected chi connectivity index (χ0v) is 19.6. The maximum Gasteiger partial charge on any atom is 0.243 e. The number of benzene rings is 1. The molecule has 2 heterocycles. The molecule has 1 amide bonds. The van der Waals surface area contributed by atoms with Crippen molar-refractivity contribution in [1.82, 2.24) is 20.4 Å². The number of carbonyl (C=O) groups is 1. The van der Waals surface area contributed by atoms with E-state index >= 15 is 0 Å². The number of amides is 1. The molecule has 1 aromatic carbocycles. The molecule has 32 heavy (non-hydrogen) atoms. The van der Waals surface area contributed by atoms with Crippen LogP contribution in [-0.2, 0) is 9.53 Å². The first-order valence-corrected chi connectivity index (χ1v) is 11.5. The number of rotatable bonds is 7. The van der Waals surface area contributed by atoms with E-state index in [1.54, 1.807) is 25.1 Å². The van der Waals surface area contributed by atoms with E-state index in [0.717, 1.165) is 76.6 Å². The van der Waals surface area contributed by atoms with E-state index in [2.05, 4.69) is 25.4 Å². The van der Waals surface area contributed by atoms with E-state index < -0.39 is 0 Å². The molecule has 0 spiro atoms. The van der Waals surface area contributed by atoms with E-state index in [4.69, 9.17) is 4.74 Å². The van der Waals surface area contributed by atoms with Crippen molar-refractivity contribution >= 4 is 17.6 Å². The summed E-state index contributed by atoms with van der Waals surface area (Å²) in [5.74, 6) is 0.421. The number of hydrogen-bond donors (Lipinski definition) is 2. The van der Waals surface area contributed by atoms with Gasteiger partial charge in [0.2, 0.25) is 5.91 Å². The molecule has 0 saturated carbocycles. The molecule has 0 aliphatic carbocycles. The number of halogens is 1. The monoisotopic (exact) mass is 448 g/mol. The maximum atomic E-state index is 13.5. The van der Waals surface area contributed by atoms with Gasteiger partial charge in [0.15, 0.2) is 5.96 Å². The summed E-state index contributed by atoms with van der Waals surface area (Å²) in [5.41, 5.74) is 2.01. The Morgan fingerprint density at radius 2 is 2.06 bits per heavy atom. The fraction of sp³-hybridized carbons (Fsp3) is 0.652. The third kappa shape index (κ3) is 7.34. The standard InChI is InChI=1S/C23H37FN6O2/c1-18-15-19(24)6-7-21(18)30-9-4-5-20(17-30)27-23(26-16-22(31)28(2)3)25-8-10-29-11-13-32-14-12-29/h6-7,15,20H,4-5,8-14,16-17H2,1-3H3,(H2,25,26,27). The lowest BCUT2D eigenvalue weighted by Gasteiger charge is -2.36. The molecule has 1 unspecified atom stereocenters. The number of nitrogens with zero attached hydrogens (tertiary/aromatic N) is 4. The summed E-state index contributed by atoms with van der Waals surface area (Å²) in [5, 5.41) is 6.93. The van der Waals surface area contributed by atoms with Gasteiger partial charge in [-0.3, -0.25) is 9.69 Å². The predicted molar refractivity (Wildman–Crippen MR) is 126 cm³/mol. The van der Waals surface area contributed by atoms with Gasteiger partial charge in [0, 0.05) is 65.1 Å². The Hall–Kier alpha value is -2.39. The summed E-state index contributed by atoms with van der Waals surface area (Å²) in [6.07, 6.45) is 2.05. The zero-order valence-electron chi connectivity index (χ0n) is 19.6. The van der Waals surface area contributed by atoms with Crippen molar-refractivity contribution in [1.29, 1.82) is 0 Å². The molecule has 1 aromatic rings. The highest BCUT2D eigenvalue weighted by Crippen LogP contribution is 2.24. The van der Waals surface area contributed by atoms with Crippen molar-refractivity contribution in [2.24, 2.45) is 4.99 Å². The van der Waals surface area contributed by atoms with Gasteiger partial charge < -0.3 is 25.2 Å². The van der Waals surface area contributed by atoms with Crippen molar-refractivity contribution in [3.05, 3.63) is 29.6 Å². The van der Waals surface area contributed by atoms with E-state index in [1.165, 1.54) is 6.07 Å². The van der Waals surface area contributed by atoms with Crippen LogP contribution in [0.25, 0.3) is 0 Å². The normalized spacial score (nSPS) is 20.2. The van der Waals surface area contributed by atoms with Crippen LogP contribution in [0.3, 0.4) is 0 Å². The zero-order chi connectivity index (χ0) is 22.9. The predicted octanol–water partition coefficient (Wildman–Crippen LogP) is 1.06. The number of anilines is 1. The highest BCUT2D eigenvalue weighted by Gasteiger charge is 2.22.